The number of hydrogen-bond acceptors (Lipinski definition) is 6. The van der Waals surface area contributed by atoms with Gasteiger partial charge in [0, 0.05) is 29.6 Å². The first-order chi connectivity index (χ1) is 12.5. The van der Waals surface area contributed by atoms with Gasteiger partial charge >= 0.3 is 0 Å². The predicted octanol–water partition coefficient (Wildman–Crippen LogP) is 5.43. The summed E-state index contributed by atoms with van der Waals surface area (Å²) in [5.41, 5.74) is 1.64. The molecule has 132 valence electrons. The van der Waals surface area contributed by atoms with Crippen molar-refractivity contribution in [2.75, 3.05) is 0 Å². The van der Waals surface area contributed by atoms with Gasteiger partial charge in [0.05, 0.1) is 9.95 Å². The van der Waals surface area contributed by atoms with E-state index in [1.807, 2.05) is 25.1 Å². The van der Waals surface area contributed by atoms with Crippen LogP contribution in [0.1, 0.15) is 11.3 Å². The second kappa shape index (κ2) is 8.16. The molecule has 8 heteroatoms. The zero-order valence-electron chi connectivity index (χ0n) is 13.8. The van der Waals surface area contributed by atoms with E-state index in [4.69, 9.17) is 16.3 Å². The van der Waals surface area contributed by atoms with Gasteiger partial charge in [-0.15, -0.1) is 0 Å². The molecule has 0 amide bonds. The molecule has 0 saturated carbocycles. The van der Waals surface area contributed by atoms with Gasteiger partial charge in [-0.1, -0.05) is 47.6 Å². The van der Waals surface area contributed by atoms with E-state index < -0.39 is 4.92 Å². The zero-order chi connectivity index (χ0) is 18.5. The van der Waals surface area contributed by atoms with Crippen LogP contribution in [0.25, 0.3) is 0 Å². The van der Waals surface area contributed by atoms with E-state index in [1.165, 1.54) is 17.8 Å². The Bertz CT molecular complexity index is 952. The Morgan fingerprint density at radius 3 is 2.73 bits per heavy atom. The largest absolute Gasteiger partial charge is 0.437 e. The molecule has 6 nitrogen and oxygen atoms in total. The molecule has 0 saturated heterocycles. The van der Waals surface area contributed by atoms with Gasteiger partial charge in [-0.05, 0) is 24.6 Å². The Kier molecular flexibility index (Phi) is 5.70. The highest BCUT2D eigenvalue weighted by Gasteiger charge is 2.10. The molecule has 0 atom stereocenters. The van der Waals surface area contributed by atoms with Gasteiger partial charge in [0.15, 0.2) is 5.16 Å². The summed E-state index contributed by atoms with van der Waals surface area (Å²) in [5, 5.41) is 11.9. The van der Waals surface area contributed by atoms with Crippen LogP contribution < -0.4 is 4.74 Å². The number of aromatic nitrogens is 2. The minimum atomic E-state index is -0.410. The molecule has 0 fully saturated rings. The molecule has 1 heterocycles. The molecule has 1 aromatic heterocycles. The summed E-state index contributed by atoms with van der Waals surface area (Å²) < 4.78 is 5.75. The Balaban J connectivity index is 1.75. The number of benzene rings is 2. The van der Waals surface area contributed by atoms with Crippen molar-refractivity contribution in [1.29, 1.82) is 0 Å². The van der Waals surface area contributed by atoms with E-state index in [1.54, 1.807) is 30.3 Å². The molecule has 0 spiro atoms. The number of rotatable bonds is 6. The third kappa shape index (κ3) is 4.71. The van der Waals surface area contributed by atoms with E-state index in [0.717, 1.165) is 11.3 Å². The minimum Gasteiger partial charge on any atom is -0.437 e. The van der Waals surface area contributed by atoms with Crippen LogP contribution in [0.5, 0.6) is 11.6 Å². The van der Waals surface area contributed by atoms with E-state index in [0.29, 0.717) is 27.6 Å². The fourth-order valence-electron chi connectivity index (χ4n) is 2.18. The summed E-state index contributed by atoms with van der Waals surface area (Å²) in [6.45, 7) is 1.85. The maximum absolute atomic E-state index is 10.9. The normalized spacial score (nSPS) is 10.5. The van der Waals surface area contributed by atoms with E-state index >= 15 is 0 Å². The monoisotopic (exact) mass is 387 g/mol. The zero-order valence-corrected chi connectivity index (χ0v) is 15.3. The lowest BCUT2D eigenvalue weighted by Gasteiger charge is -2.08. The average molecular weight is 388 g/mol. The van der Waals surface area contributed by atoms with Crippen LogP contribution in [0.4, 0.5) is 5.69 Å². The Labute approximate surface area is 159 Å². The fraction of sp³-hybridized carbons (Fsp3) is 0.111. The third-order valence-corrected chi connectivity index (χ3v) is 4.58. The number of non-ortho nitro benzene ring substituents is 1. The van der Waals surface area contributed by atoms with Crippen molar-refractivity contribution in [2.24, 2.45) is 0 Å². The SMILES string of the molecule is Cc1cc(Oc2ccccc2Cl)nc(SCc2cccc([N+](=O)[O-])c2)n1. The third-order valence-electron chi connectivity index (χ3n) is 3.35. The van der Waals surface area contributed by atoms with Crippen LogP contribution in [0.2, 0.25) is 5.02 Å². The lowest BCUT2D eigenvalue weighted by Crippen LogP contribution is -1.96. The van der Waals surface area contributed by atoms with Crippen LogP contribution in [0.3, 0.4) is 0 Å². The quantitative estimate of drug-likeness (QED) is 0.243. The van der Waals surface area contributed by atoms with Crippen molar-refractivity contribution in [3.05, 3.63) is 81.0 Å². The second-order valence-electron chi connectivity index (χ2n) is 5.38. The number of nitro benzene ring substituents is 1. The molecule has 0 aliphatic heterocycles. The van der Waals surface area contributed by atoms with Gasteiger partial charge in [0.25, 0.3) is 5.69 Å². The number of hydrogen-bond donors (Lipinski definition) is 0. The first-order valence-corrected chi connectivity index (χ1v) is 9.02. The summed E-state index contributed by atoms with van der Waals surface area (Å²) >= 11 is 7.49. The summed E-state index contributed by atoms with van der Waals surface area (Å²) in [5.74, 6) is 1.42. The molecule has 2 aromatic carbocycles. The van der Waals surface area contributed by atoms with Crippen LogP contribution in [0.15, 0.2) is 59.8 Å². The summed E-state index contributed by atoms with van der Waals surface area (Å²) in [6.07, 6.45) is 0. The highest BCUT2D eigenvalue weighted by atomic mass is 35.5. The molecular weight excluding hydrogens is 374 g/mol. The number of thioether (sulfide) groups is 1. The van der Waals surface area contributed by atoms with Gasteiger partial charge in [0.1, 0.15) is 5.75 Å². The molecule has 0 bridgehead atoms. The number of nitro groups is 1. The number of para-hydroxylation sites is 1. The van der Waals surface area contributed by atoms with Crippen LogP contribution in [0, 0.1) is 17.0 Å². The Morgan fingerprint density at radius 1 is 1.15 bits per heavy atom. The molecule has 0 aliphatic rings. The predicted molar refractivity (Wildman–Crippen MR) is 101 cm³/mol. The fourth-order valence-corrected chi connectivity index (χ4v) is 3.19. The van der Waals surface area contributed by atoms with Crippen molar-refractivity contribution in [2.45, 2.75) is 17.8 Å². The maximum Gasteiger partial charge on any atom is 0.269 e. The molecule has 0 aliphatic carbocycles. The van der Waals surface area contributed by atoms with Gasteiger partial charge in [-0.3, -0.25) is 10.1 Å². The lowest BCUT2D eigenvalue weighted by atomic mass is 10.2. The van der Waals surface area contributed by atoms with Gasteiger partial charge in [0.2, 0.25) is 5.88 Å². The van der Waals surface area contributed by atoms with E-state index in [2.05, 4.69) is 9.97 Å². The minimum absolute atomic E-state index is 0.0657. The van der Waals surface area contributed by atoms with Gasteiger partial charge in [-0.25, -0.2) is 4.98 Å². The standard InChI is InChI=1S/C18H14ClN3O3S/c1-12-9-17(25-16-8-3-2-7-15(16)19)21-18(20-12)26-11-13-5-4-6-14(10-13)22(23)24/h2-10H,11H2,1H3. The van der Waals surface area contributed by atoms with Crippen LogP contribution in [-0.4, -0.2) is 14.9 Å². The van der Waals surface area contributed by atoms with Crippen molar-refractivity contribution >= 4 is 29.1 Å². The van der Waals surface area contributed by atoms with Crippen molar-refractivity contribution in [3.63, 3.8) is 0 Å². The lowest BCUT2D eigenvalue weighted by molar-refractivity contribution is -0.384. The molecule has 0 unspecified atom stereocenters. The number of halogens is 1. The molecule has 0 radical (unpaired) electrons. The molecule has 3 aromatic rings. The van der Waals surface area contributed by atoms with Crippen molar-refractivity contribution in [3.8, 4) is 11.6 Å². The summed E-state index contributed by atoms with van der Waals surface area (Å²) in [7, 11) is 0. The van der Waals surface area contributed by atoms with Crippen molar-refractivity contribution in [1.82, 2.24) is 9.97 Å². The topological polar surface area (TPSA) is 78.2 Å². The van der Waals surface area contributed by atoms with E-state index in [-0.39, 0.29) is 5.69 Å². The highest BCUT2D eigenvalue weighted by Crippen LogP contribution is 2.30. The Morgan fingerprint density at radius 2 is 1.96 bits per heavy atom. The highest BCUT2D eigenvalue weighted by molar-refractivity contribution is 7.98. The molecule has 0 N–H and O–H groups in total. The summed E-state index contributed by atoms with van der Waals surface area (Å²) in [4.78, 5) is 19.2. The van der Waals surface area contributed by atoms with Gasteiger partial charge < -0.3 is 4.74 Å². The molecular formula is C18H14ClN3O3S. The Hall–Kier alpha value is -2.64. The van der Waals surface area contributed by atoms with Crippen LogP contribution in [-0.2, 0) is 5.75 Å². The van der Waals surface area contributed by atoms with Gasteiger partial charge in [-0.2, -0.15) is 4.98 Å². The first kappa shape index (κ1) is 18.2. The number of nitrogens with zero attached hydrogens (tertiary/aromatic N) is 3. The smallest absolute Gasteiger partial charge is 0.269 e. The van der Waals surface area contributed by atoms with Crippen LogP contribution >= 0.6 is 23.4 Å². The average Bonchev–Trinajstić information content (AvgIpc) is 2.62. The second-order valence-corrected chi connectivity index (χ2v) is 6.73. The summed E-state index contributed by atoms with van der Waals surface area (Å²) in [6, 6.07) is 15.4. The molecule has 26 heavy (non-hydrogen) atoms. The first-order valence-electron chi connectivity index (χ1n) is 7.65. The van der Waals surface area contributed by atoms with E-state index in [9.17, 15) is 10.1 Å². The van der Waals surface area contributed by atoms with Crippen molar-refractivity contribution < 1.29 is 9.66 Å². The maximum atomic E-state index is 10.9. The molecule has 3 rings (SSSR count). The number of aryl methyl sites for hydroxylation is 1. The number of ether oxygens (including phenoxy) is 1.